The van der Waals surface area contributed by atoms with Gasteiger partial charge in [-0.3, -0.25) is 9.67 Å². The second-order valence-corrected chi connectivity index (χ2v) is 6.02. The van der Waals surface area contributed by atoms with Crippen molar-refractivity contribution >= 4 is 11.7 Å². The predicted molar refractivity (Wildman–Crippen MR) is 92.6 cm³/mol. The van der Waals surface area contributed by atoms with Crippen LogP contribution in [-0.4, -0.2) is 45.3 Å². The number of rotatable bonds is 6. The number of carbonyl (C=O) groups is 1. The Hall–Kier alpha value is -2.41. The van der Waals surface area contributed by atoms with Crippen LogP contribution in [0.3, 0.4) is 0 Å². The molecular formula is C17H24N6O. The lowest BCUT2D eigenvalue weighted by Gasteiger charge is -2.26. The van der Waals surface area contributed by atoms with Gasteiger partial charge in [-0.2, -0.15) is 5.10 Å². The Kier molecular flexibility index (Phi) is 5.79. The van der Waals surface area contributed by atoms with E-state index >= 15 is 0 Å². The van der Waals surface area contributed by atoms with Crippen molar-refractivity contribution in [2.24, 2.45) is 0 Å². The van der Waals surface area contributed by atoms with Crippen LogP contribution in [0.1, 0.15) is 25.0 Å². The first-order valence-electron chi connectivity index (χ1n) is 8.49. The Labute approximate surface area is 142 Å². The highest BCUT2D eigenvalue weighted by molar-refractivity contribution is 5.88. The van der Waals surface area contributed by atoms with Crippen LogP contribution in [-0.2, 0) is 13.1 Å². The zero-order valence-corrected chi connectivity index (χ0v) is 13.8. The summed E-state index contributed by atoms with van der Waals surface area (Å²) >= 11 is 0. The van der Waals surface area contributed by atoms with Gasteiger partial charge in [0, 0.05) is 18.9 Å². The molecule has 0 unspecified atom stereocenters. The highest BCUT2D eigenvalue weighted by Crippen LogP contribution is 2.09. The number of aromatic nitrogens is 3. The molecule has 0 radical (unpaired) electrons. The maximum atomic E-state index is 11.9. The fourth-order valence-electron chi connectivity index (χ4n) is 2.83. The minimum absolute atomic E-state index is 0.253. The SMILES string of the molecule is O=C(NCc1ccccn1)Nc1cnn(CCN2CCCCC2)c1. The number of hydrogen-bond donors (Lipinski definition) is 2. The molecule has 0 aliphatic carbocycles. The molecule has 128 valence electrons. The first-order chi connectivity index (χ1) is 11.8. The summed E-state index contributed by atoms with van der Waals surface area (Å²) in [5, 5.41) is 9.89. The fraction of sp³-hybridized carbons (Fsp3) is 0.471. The van der Waals surface area contributed by atoms with Crippen LogP contribution in [0, 0.1) is 0 Å². The minimum atomic E-state index is -0.253. The number of urea groups is 1. The van der Waals surface area contributed by atoms with Crippen molar-refractivity contribution in [3.05, 3.63) is 42.5 Å². The van der Waals surface area contributed by atoms with Crippen molar-refractivity contribution in [2.45, 2.75) is 32.4 Å². The standard InChI is InChI=1S/C17H24N6O/c24-17(19-12-15-6-2-3-7-18-15)21-16-13-20-23(14-16)11-10-22-8-4-1-5-9-22/h2-3,6-7,13-14H,1,4-5,8-12H2,(H2,19,21,24). The van der Waals surface area contributed by atoms with E-state index in [1.54, 1.807) is 12.4 Å². The number of piperidine rings is 1. The highest BCUT2D eigenvalue weighted by atomic mass is 16.2. The number of carbonyl (C=O) groups excluding carboxylic acids is 1. The molecular weight excluding hydrogens is 304 g/mol. The van der Waals surface area contributed by atoms with Crippen LogP contribution < -0.4 is 10.6 Å². The molecule has 3 rings (SSSR count). The molecule has 0 bridgehead atoms. The van der Waals surface area contributed by atoms with E-state index in [9.17, 15) is 4.79 Å². The Morgan fingerprint density at radius 3 is 2.83 bits per heavy atom. The van der Waals surface area contributed by atoms with E-state index in [4.69, 9.17) is 0 Å². The monoisotopic (exact) mass is 328 g/mol. The smallest absolute Gasteiger partial charge is 0.319 e. The van der Waals surface area contributed by atoms with Gasteiger partial charge in [-0.1, -0.05) is 12.5 Å². The lowest BCUT2D eigenvalue weighted by atomic mass is 10.1. The number of likely N-dealkylation sites (tertiary alicyclic amines) is 1. The highest BCUT2D eigenvalue weighted by Gasteiger charge is 2.10. The summed E-state index contributed by atoms with van der Waals surface area (Å²) in [4.78, 5) is 18.5. The number of nitrogens with one attached hydrogen (secondary N) is 2. The van der Waals surface area contributed by atoms with Gasteiger partial charge < -0.3 is 15.5 Å². The van der Waals surface area contributed by atoms with Gasteiger partial charge in [0.2, 0.25) is 0 Å². The van der Waals surface area contributed by atoms with Gasteiger partial charge in [-0.15, -0.1) is 0 Å². The van der Waals surface area contributed by atoms with E-state index < -0.39 is 0 Å². The quantitative estimate of drug-likeness (QED) is 0.851. The summed E-state index contributed by atoms with van der Waals surface area (Å²) in [6, 6.07) is 5.37. The normalized spacial score (nSPS) is 15.2. The Balaban J connectivity index is 1.40. The number of nitrogens with zero attached hydrogens (tertiary/aromatic N) is 4. The zero-order chi connectivity index (χ0) is 16.6. The Bertz CT molecular complexity index is 636. The van der Waals surface area contributed by atoms with Crippen LogP contribution in [0.5, 0.6) is 0 Å². The van der Waals surface area contributed by atoms with E-state index in [0.717, 1.165) is 18.8 Å². The molecule has 1 saturated heterocycles. The van der Waals surface area contributed by atoms with Crippen LogP contribution in [0.25, 0.3) is 0 Å². The average Bonchev–Trinajstić information content (AvgIpc) is 3.07. The zero-order valence-electron chi connectivity index (χ0n) is 13.8. The molecule has 0 saturated carbocycles. The van der Waals surface area contributed by atoms with Crippen LogP contribution in [0.4, 0.5) is 10.5 Å². The lowest BCUT2D eigenvalue weighted by molar-refractivity contribution is 0.218. The van der Waals surface area contributed by atoms with E-state index in [1.165, 1.54) is 32.4 Å². The second kappa shape index (κ2) is 8.44. The van der Waals surface area contributed by atoms with Gasteiger partial charge in [-0.05, 0) is 38.1 Å². The summed E-state index contributed by atoms with van der Waals surface area (Å²) in [5.74, 6) is 0. The van der Waals surface area contributed by atoms with Gasteiger partial charge in [-0.25, -0.2) is 4.79 Å². The van der Waals surface area contributed by atoms with E-state index in [1.807, 2.05) is 29.1 Å². The van der Waals surface area contributed by atoms with E-state index in [-0.39, 0.29) is 6.03 Å². The summed E-state index contributed by atoms with van der Waals surface area (Å²) in [5.41, 5.74) is 1.53. The summed E-state index contributed by atoms with van der Waals surface area (Å²) in [6.07, 6.45) is 9.19. The molecule has 7 heteroatoms. The third kappa shape index (κ3) is 5.06. The lowest BCUT2D eigenvalue weighted by Crippen LogP contribution is -2.32. The first kappa shape index (κ1) is 16.4. The number of anilines is 1. The minimum Gasteiger partial charge on any atom is -0.332 e. The van der Waals surface area contributed by atoms with Gasteiger partial charge in [0.15, 0.2) is 0 Å². The van der Waals surface area contributed by atoms with Crippen molar-refractivity contribution in [1.82, 2.24) is 25.0 Å². The number of pyridine rings is 1. The molecule has 1 fully saturated rings. The molecule has 0 aromatic carbocycles. The summed E-state index contributed by atoms with van der Waals surface area (Å²) in [7, 11) is 0. The summed E-state index contributed by atoms with van der Waals surface area (Å²) < 4.78 is 1.88. The Morgan fingerprint density at radius 1 is 1.17 bits per heavy atom. The topological polar surface area (TPSA) is 75.1 Å². The molecule has 0 spiro atoms. The fourth-order valence-corrected chi connectivity index (χ4v) is 2.83. The average molecular weight is 328 g/mol. The van der Waals surface area contributed by atoms with Gasteiger partial charge in [0.05, 0.1) is 30.7 Å². The second-order valence-electron chi connectivity index (χ2n) is 6.02. The van der Waals surface area contributed by atoms with Gasteiger partial charge in [0.25, 0.3) is 0 Å². The molecule has 2 N–H and O–H groups in total. The molecule has 3 heterocycles. The van der Waals surface area contributed by atoms with Crippen LogP contribution >= 0.6 is 0 Å². The third-order valence-electron chi connectivity index (χ3n) is 4.14. The van der Waals surface area contributed by atoms with Crippen molar-refractivity contribution in [2.75, 3.05) is 25.0 Å². The van der Waals surface area contributed by atoms with E-state index in [2.05, 4.69) is 25.6 Å². The maximum Gasteiger partial charge on any atom is 0.319 e. The third-order valence-corrected chi connectivity index (χ3v) is 4.14. The molecule has 1 aliphatic rings. The molecule has 0 atom stereocenters. The first-order valence-corrected chi connectivity index (χ1v) is 8.49. The van der Waals surface area contributed by atoms with Crippen molar-refractivity contribution < 1.29 is 4.79 Å². The molecule has 2 aromatic rings. The molecule has 1 aliphatic heterocycles. The van der Waals surface area contributed by atoms with Crippen molar-refractivity contribution in [3.63, 3.8) is 0 Å². The summed E-state index contributed by atoms with van der Waals surface area (Å²) in [6.45, 7) is 4.62. The van der Waals surface area contributed by atoms with E-state index in [0.29, 0.717) is 12.2 Å². The van der Waals surface area contributed by atoms with Gasteiger partial charge >= 0.3 is 6.03 Å². The molecule has 2 amide bonds. The molecule has 7 nitrogen and oxygen atoms in total. The number of amides is 2. The Morgan fingerprint density at radius 2 is 2.04 bits per heavy atom. The van der Waals surface area contributed by atoms with Crippen molar-refractivity contribution in [3.8, 4) is 0 Å². The van der Waals surface area contributed by atoms with Crippen molar-refractivity contribution in [1.29, 1.82) is 0 Å². The van der Waals surface area contributed by atoms with Crippen LogP contribution in [0.15, 0.2) is 36.8 Å². The van der Waals surface area contributed by atoms with Gasteiger partial charge in [0.1, 0.15) is 0 Å². The predicted octanol–water partition coefficient (Wildman–Crippen LogP) is 2.09. The molecule has 2 aromatic heterocycles. The van der Waals surface area contributed by atoms with Crippen LogP contribution in [0.2, 0.25) is 0 Å². The largest absolute Gasteiger partial charge is 0.332 e. The molecule has 24 heavy (non-hydrogen) atoms. The maximum absolute atomic E-state index is 11.9. The number of hydrogen-bond acceptors (Lipinski definition) is 4.